The first-order chi connectivity index (χ1) is 10.5. The minimum Gasteiger partial charge on any atom is -0.441 e. The summed E-state index contributed by atoms with van der Waals surface area (Å²) in [4.78, 5) is 18.1. The Morgan fingerprint density at radius 2 is 2.00 bits per heavy atom. The molecule has 0 aliphatic heterocycles. The molecule has 0 saturated heterocycles. The number of urea groups is 1. The molecule has 0 unspecified atom stereocenters. The molecule has 0 saturated carbocycles. The number of nitrogens with one attached hydrogen (secondary N) is 1. The molecule has 2 rings (SSSR count). The van der Waals surface area contributed by atoms with E-state index in [1.807, 2.05) is 51.1 Å². The number of carbonyl (C=O) groups excluding carboxylic acids is 1. The molecule has 1 N–H and O–H groups in total. The van der Waals surface area contributed by atoms with Gasteiger partial charge in [0.15, 0.2) is 0 Å². The minimum absolute atomic E-state index is 0.0700. The molecule has 2 amide bonds. The molecule has 2 aromatic rings. The van der Waals surface area contributed by atoms with Gasteiger partial charge in [-0.2, -0.15) is 0 Å². The van der Waals surface area contributed by atoms with Gasteiger partial charge < -0.3 is 14.6 Å². The van der Waals surface area contributed by atoms with Gasteiger partial charge in [-0.3, -0.25) is 0 Å². The molecule has 5 heteroatoms. The summed E-state index contributed by atoms with van der Waals surface area (Å²) in [5, 5.41) is 2.89. The smallest absolute Gasteiger partial charge is 0.317 e. The van der Waals surface area contributed by atoms with Crippen LogP contribution in [0.1, 0.15) is 25.3 Å². The lowest BCUT2D eigenvalue weighted by Crippen LogP contribution is -2.41. The third-order valence-electron chi connectivity index (χ3n) is 3.65. The van der Waals surface area contributed by atoms with E-state index in [0.717, 1.165) is 17.0 Å². The van der Waals surface area contributed by atoms with Gasteiger partial charge in [0.05, 0.1) is 5.69 Å². The molecule has 1 aromatic heterocycles. The van der Waals surface area contributed by atoms with Crippen LogP contribution in [-0.2, 0) is 6.42 Å². The fourth-order valence-corrected chi connectivity index (χ4v) is 2.01. The van der Waals surface area contributed by atoms with Gasteiger partial charge in [-0.1, -0.05) is 18.2 Å². The van der Waals surface area contributed by atoms with Crippen LogP contribution in [0.3, 0.4) is 0 Å². The van der Waals surface area contributed by atoms with Crippen LogP contribution in [0.15, 0.2) is 34.7 Å². The lowest BCUT2D eigenvalue weighted by atomic mass is 10.2. The van der Waals surface area contributed by atoms with Gasteiger partial charge in [-0.25, -0.2) is 9.78 Å². The first-order valence-electron chi connectivity index (χ1n) is 7.51. The lowest BCUT2D eigenvalue weighted by Gasteiger charge is -2.21. The van der Waals surface area contributed by atoms with Crippen molar-refractivity contribution < 1.29 is 9.21 Å². The molecule has 0 aliphatic carbocycles. The zero-order chi connectivity index (χ0) is 16.1. The number of nitrogens with zero attached hydrogens (tertiary/aromatic N) is 2. The molecule has 0 radical (unpaired) electrons. The van der Waals surface area contributed by atoms with Crippen molar-refractivity contribution in [3.63, 3.8) is 0 Å². The molecule has 0 fully saturated rings. The Hall–Kier alpha value is -2.30. The predicted octanol–water partition coefficient (Wildman–Crippen LogP) is 3.24. The highest BCUT2D eigenvalue weighted by Crippen LogP contribution is 2.21. The maximum absolute atomic E-state index is 11.9. The van der Waals surface area contributed by atoms with Crippen LogP contribution in [0, 0.1) is 6.92 Å². The maximum atomic E-state index is 11.9. The van der Waals surface area contributed by atoms with Crippen molar-refractivity contribution in [1.82, 2.24) is 15.2 Å². The van der Waals surface area contributed by atoms with Gasteiger partial charge >= 0.3 is 6.03 Å². The Balaban J connectivity index is 1.94. The van der Waals surface area contributed by atoms with E-state index >= 15 is 0 Å². The number of hydrogen-bond acceptors (Lipinski definition) is 3. The molecule has 1 aromatic carbocycles. The average Bonchev–Trinajstić information content (AvgIpc) is 2.88. The van der Waals surface area contributed by atoms with Crippen LogP contribution in [0.25, 0.3) is 11.5 Å². The van der Waals surface area contributed by atoms with Gasteiger partial charge in [0, 0.05) is 31.6 Å². The van der Waals surface area contributed by atoms with Gasteiger partial charge in [-0.15, -0.1) is 0 Å². The number of hydrogen-bond donors (Lipinski definition) is 1. The van der Waals surface area contributed by atoms with E-state index in [0.29, 0.717) is 18.9 Å². The number of aryl methyl sites for hydroxylation is 1. The second kappa shape index (κ2) is 7.11. The van der Waals surface area contributed by atoms with Crippen LogP contribution in [-0.4, -0.2) is 35.5 Å². The van der Waals surface area contributed by atoms with Gasteiger partial charge in [0.25, 0.3) is 0 Å². The maximum Gasteiger partial charge on any atom is 0.317 e. The number of amides is 2. The van der Waals surface area contributed by atoms with Gasteiger partial charge in [0.2, 0.25) is 5.89 Å². The van der Waals surface area contributed by atoms with Crippen LogP contribution in [0.2, 0.25) is 0 Å². The Morgan fingerprint density at radius 1 is 1.32 bits per heavy atom. The molecule has 118 valence electrons. The molecule has 0 atom stereocenters. The van der Waals surface area contributed by atoms with Crippen molar-refractivity contribution in [2.45, 2.75) is 33.2 Å². The van der Waals surface area contributed by atoms with Crippen molar-refractivity contribution in [3.8, 4) is 11.5 Å². The van der Waals surface area contributed by atoms with E-state index < -0.39 is 0 Å². The van der Waals surface area contributed by atoms with Crippen molar-refractivity contribution in [1.29, 1.82) is 0 Å². The normalized spacial score (nSPS) is 10.8. The number of benzene rings is 1. The third kappa shape index (κ3) is 3.87. The minimum atomic E-state index is -0.0700. The molecule has 0 aliphatic rings. The SMILES string of the molecule is Cc1oc(-c2ccccc2)nc1CCNC(=O)N(C)C(C)C. The average molecular weight is 301 g/mol. The van der Waals surface area contributed by atoms with Crippen molar-refractivity contribution in [2.75, 3.05) is 13.6 Å². The molecule has 22 heavy (non-hydrogen) atoms. The summed E-state index contributed by atoms with van der Waals surface area (Å²) in [7, 11) is 1.79. The summed E-state index contributed by atoms with van der Waals surface area (Å²) in [6.07, 6.45) is 0.653. The van der Waals surface area contributed by atoms with Gasteiger partial charge in [-0.05, 0) is 32.9 Å². The Kier molecular flexibility index (Phi) is 5.20. The molecular weight excluding hydrogens is 278 g/mol. The number of aromatic nitrogens is 1. The second-order valence-corrected chi connectivity index (χ2v) is 5.57. The number of oxazole rings is 1. The quantitative estimate of drug-likeness (QED) is 0.922. The Bertz CT molecular complexity index is 620. The Labute approximate surface area is 131 Å². The Morgan fingerprint density at radius 3 is 2.64 bits per heavy atom. The monoisotopic (exact) mass is 301 g/mol. The highest BCUT2D eigenvalue weighted by Gasteiger charge is 2.13. The molecule has 0 spiro atoms. The fraction of sp³-hybridized carbons (Fsp3) is 0.412. The number of carbonyl (C=O) groups is 1. The molecule has 1 heterocycles. The molecule has 0 bridgehead atoms. The molecular formula is C17H23N3O2. The first kappa shape index (κ1) is 16.1. The molecule has 5 nitrogen and oxygen atoms in total. The van der Waals surface area contributed by atoms with E-state index in [9.17, 15) is 4.79 Å². The van der Waals surface area contributed by atoms with Crippen LogP contribution in [0.4, 0.5) is 4.79 Å². The van der Waals surface area contributed by atoms with Crippen LogP contribution in [0.5, 0.6) is 0 Å². The van der Waals surface area contributed by atoms with Gasteiger partial charge in [0.1, 0.15) is 5.76 Å². The largest absolute Gasteiger partial charge is 0.441 e. The van der Waals surface area contributed by atoms with E-state index in [2.05, 4.69) is 10.3 Å². The zero-order valence-electron chi connectivity index (χ0n) is 13.6. The standard InChI is InChI=1S/C17H23N3O2/c1-12(2)20(4)17(21)18-11-10-15-13(3)22-16(19-15)14-8-6-5-7-9-14/h5-9,12H,10-11H2,1-4H3,(H,18,21). The lowest BCUT2D eigenvalue weighted by molar-refractivity contribution is 0.198. The third-order valence-corrected chi connectivity index (χ3v) is 3.65. The summed E-state index contributed by atoms with van der Waals surface area (Å²) >= 11 is 0. The highest BCUT2D eigenvalue weighted by molar-refractivity contribution is 5.74. The van der Waals surface area contributed by atoms with Crippen molar-refractivity contribution in [2.24, 2.45) is 0 Å². The van der Waals surface area contributed by atoms with Crippen LogP contribution < -0.4 is 5.32 Å². The summed E-state index contributed by atoms with van der Waals surface area (Å²) in [5.41, 5.74) is 1.84. The summed E-state index contributed by atoms with van der Waals surface area (Å²) in [5.74, 6) is 1.42. The summed E-state index contributed by atoms with van der Waals surface area (Å²) in [6.45, 7) is 6.40. The number of rotatable bonds is 5. The zero-order valence-corrected chi connectivity index (χ0v) is 13.6. The highest BCUT2D eigenvalue weighted by atomic mass is 16.4. The topological polar surface area (TPSA) is 58.4 Å². The van der Waals surface area contributed by atoms with Crippen LogP contribution >= 0.6 is 0 Å². The van der Waals surface area contributed by atoms with E-state index in [1.165, 1.54) is 0 Å². The summed E-state index contributed by atoms with van der Waals surface area (Å²) in [6, 6.07) is 9.91. The second-order valence-electron chi connectivity index (χ2n) is 5.57. The van der Waals surface area contributed by atoms with E-state index in [-0.39, 0.29) is 12.1 Å². The van der Waals surface area contributed by atoms with Crippen molar-refractivity contribution >= 4 is 6.03 Å². The fourth-order valence-electron chi connectivity index (χ4n) is 2.01. The summed E-state index contributed by atoms with van der Waals surface area (Å²) < 4.78 is 5.71. The van der Waals surface area contributed by atoms with E-state index in [4.69, 9.17) is 4.42 Å². The van der Waals surface area contributed by atoms with Crippen molar-refractivity contribution in [3.05, 3.63) is 41.8 Å². The first-order valence-corrected chi connectivity index (χ1v) is 7.51. The van der Waals surface area contributed by atoms with E-state index in [1.54, 1.807) is 11.9 Å². The predicted molar refractivity (Wildman–Crippen MR) is 86.7 cm³/mol.